The molecule has 0 unspecified atom stereocenters. The molecule has 0 aromatic carbocycles. The Bertz CT molecular complexity index is 445. The number of carbonyl (C=O) groups is 1. The zero-order valence-corrected chi connectivity index (χ0v) is 12.7. The molecule has 1 amide bonds. The van der Waals surface area contributed by atoms with Gasteiger partial charge in [0.25, 0.3) is 5.91 Å². The number of hydrogen-bond acceptors (Lipinski definition) is 4. The SMILES string of the molecule is CCSc1cc(C(=O)NC2CCC(CO)CC2)ccn1. The van der Waals surface area contributed by atoms with Crippen LogP contribution < -0.4 is 5.32 Å². The molecule has 1 aliphatic carbocycles. The van der Waals surface area contributed by atoms with E-state index in [1.54, 1.807) is 24.0 Å². The van der Waals surface area contributed by atoms with Crippen LogP contribution in [0.2, 0.25) is 0 Å². The van der Waals surface area contributed by atoms with E-state index in [4.69, 9.17) is 5.11 Å². The Kier molecular flexibility index (Phi) is 5.86. The quantitative estimate of drug-likeness (QED) is 0.819. The summed E-state index contributed by atoms with van der Waals surface area (Å²) < 4.78 is 0. The normalized spacial score (nSPS) is 22.5. The minimum Gasteiger partial charge on any atom is -0.396 e. The lowest BCUT2D eigenvalue weighted by Crippen LogP contribution is -2.38. The standard InChI is InChI=1S/C15H22N2O2S/c1-2-20-14-9-12(7-8-16-14)15(19)17-13-5-3-11(10-18)4-6-13/h7-9,11,13,18H,2-6,10H2,1H3,(H,17,19). The van der Waals surface area contributed by atoms with Crippen molar-refractivity contribution in [2.24, 2.45) is 5.92 Å². The average molecular weight is 294 g/mol. The summed E-state index contributed by atoms with van der Waals surface area (Å²) in [4.78, 5) is 16.5. The number of nitrogens with zero attached hydrogens (tertiary/aromatic N) is 1. The monoisotopic (exact) mass is 294 g/mol. The van der Waals surface area contributed by atoms with Crippen molar-refractivity contribution in [1.82, 2.24) is 10.3 Å². The zero-order valence-electron chi connectivity index (χ0n) is 11.8. The summed E-state index contributed by atoms with van der Waals surface area (Å²) in [7, 11) is 0. The van der Waals surface area contributed by atoms with Gasteiger partial charge in [-0.1, -0.05) is 6.92 Å². The number of thioether (sulfide) groups is 1. The molecule has 2 rings (SSSR count). The second-order valence-corrected chi connectivity index (χ2v) is 6.47. The third-order valence-corrected chi connectivity index (χ3v) is 4.54. The summed E-state index contributed by atoms with van der Waals surface area (Å²) >= 11 is 1.64. The zero-order chi connectivity index (χ0) is 14.4. The van der Waals surface area contributed by atoms with Crippen molar-refractivity contribution >= 4 is 17.7 Å². The fourth-order valence-electron chi connectivity index (χ4n) is 2.54. The van der Waals surface area contributed by atoms with E-state index >= 15 is 0 Å². The maximum Gasteiger partial charge on any atom is 0.251 e. The maximum atomic E-state index is 12.2. The Balaban J connectivity index is 1.90. The number of amides is 1. The van der Waals surface area contributed by atoms with Crippen LogP contribution >= 0.6 is 11.8 Å². The van der Waals surface area contributed by atoms with E-state index in [9.17, 15) is 4.79 Å². The van der Waals surface area contributed by atoms with Gasteiger partial charge in [-0.25, -0.2) is 4.98 Å². The van der Waals surface area contributed by atoms with Gasteiger partial charge in [-0.15, -0.1) is 11.8 Å². The molecule has 0 spiro atoms. The summed E-state index contributed by atoms with van der Waals surface area (Å²) in [6.45, 7) is 2.33. The van der Waals surface area contributed by atoms with Crippen LogP contribution in [0.25, 0.3) is 0 Å². The first kappa shape index (κ1) is 15.3. The van der Waals surface area contributed by atoms with Crippen molar-refractivity contribution in [3.8, 4) is 0 Å². The van der Waals surface area contributed by atoms with Gasteiger partial charge in [-0.05, 0) is 49.5 Å². The summed E-state index contributed by atoms with van der Waals surface area (Å²) in [5.74, 6) is 1.35. The van der Waals surface area contributed by atoms with E-state index in [0.717, 1.165) is 36.5 Å². The number of carbonyl (C=O) groups excluding carboxylic acids is 1. The molecule has 2 N–H and O–H groups in total. The molecule has 1 aliphatic rings. The predicted octanol–water partition coefficient (Wildman–Crippen LogP) is 2.47. The average Bonchev–Trinajstić information content (AvgIpc) is 2.48. The highest BCUT2D eigenvalue weighted by molar-refractivity contribution is 7.99. The fourth-order valence-corrected chi connectivity index (χ4v) is 3.18. The van der Waals surface area contributed by atoms with Gasteiger partial charge in [-0.2, -0.15) is 0 Å². The molecule has 1 saturated carbocycles. The molecule has 110 valence electrons. The van der Waals surface area contributed by atoms with Crippen LogP contribution in [0, 0.1) is 5.92 Å². The van der Waals surface area contributed by atoms with Crippen molar-refractivity contribution in [1.29, 1.82) is 0 Å². The van der Waals surface area contributed by atoms with Crippen LogP contribution in [-0.2, 0) is 0 Å². The first-order valence-electron chi connectivity index (χ1n) is 7.23. The van der Waals surface area contributed by atoms with Gasteiger partial charge in [0.2, 0.25) is 0 Å². The molecule has 1 aromatic heterocycles. The van der Waals surface area contributed by atoms with E-state index in [0.29, 0.717) is 11.5 Å². The van der Waals surface area contributed by atoms with Gasteiger partial charge in [0, 0.05) is 24.4 Å². The molecule has 0 radical (unpaired) electrons. The molecule has 0 bridgehead atoms. The molecule has 4 nitrogen and oxygen atoms in total. The van der Waals surface area contributed by atoms with Crippen molar-refractivity contribution in [2.45, 2.75) is 43.7 Å². The Hall–Kier alpha value is -1.07. The number of nitrogens with one attached hydrogen (secondary N) is 1. The molecular formula is C15H22N2O2S. The minimum atomic E-state index is -0.0159. The van der Waals surface area contributed by atoms with Crippen LogP contribution in [0.1, 0.15) is 43.0 Å². The van der Waals surface area contributed by atoms with E-state index in [-0.39, 0.29) is 18.6 Å². The number of aliphatic hydroxyl groups excluding tert-OH is 1. The van der Waals surface area contributed by atoms with Gasteiger partial charge in [-0.3, -0.25) is 4.79 Å². The van der Waals surface area contributed by atoms with E-state index < -0.39 is 0 Å². The first-order valence-corrected chi connectivity index (χ1v) is 8.22. The Morgan fingerprint density at radius 3 is 2.85 bits per heavy atom. The van der Waals surface area contributed by atoms with Crippen LogP contribution in [0.4, 0.5) is 0 Å². The summed E-state index contributed by atoms with van der Waals surface area (Å²) in [5, 5.41) is 13.1. The summed E-state index contributed by atoms with van der Waals surface area (Å²) in [5.41, 5.74) is 0.681. The molecule has 0 atom stereocenters. The number of pyridine rings is 1. The Morgan fingerprint density at radius 2 is 2.20 bits per heavy atom. The number of hydrogen-bond donors (Lipinski definition) is 2. The van der Waals surface area contributed by atoms with Crippen molar-refractivity contribution < 1.29 is 9.90 Å². The van der Waals surface area contributed by atoms with E-state index in [1.165, 1.54) is 0 Å². The fraction of sp³-hybridized carbons (Fsp3) is 0.600. The van der Waals surface area contributed by atoms with E-state index in [2.05, 4.69) is 17.2 Å². The molecule has 0 aliphatic heterocycles. The third kappa shape index (κ3) is 4.21. The Labute approximate surface area is 124 Å². The highest BCUT2D eigenvalue weighted by atomic mass is 32.2. The van der Waals surface area contributed by atoms with E-state index in [1.807, 2.05) is 6.07 Å². The Morgan fingerprint density at radius 1 is 1.45 bits per heavy atom. The van der Waals surface area contributed by atoms with Gasteiger partial charge in [0.1, 0.15) is 0 Å². The van der Waals surface area contributed by atoms with Crippen LogP contribution in [-0.4, -0.2) is 34.4 Å². The number of aromatic nitrogens is 1. The van der Waals surface area contributed by atoms with Crippen molar-refractivity contribution in [2.75, 3.05) is 12.4 Å². The number of rotatable bonds is 5. The number of aliphatic hydroxyl groups is 1. The maximum absolute atomic E-state index is 12.2. The lowest BCUT2D eigenvalue weighted by atomic mass is 9.86. The van der Waals surface area contributed by atoms with Gasteiger partial charge >= 0.3 is 0 Å². The molecule has 1 heterocycles. The van der Waals surface area contributed by atoms with Crippen molar-refractivity contribution in [3.63, 3.8) is 0 Å². The summed E-state index contributed by atoms with van der Waals surface area (Å²) in [6, 6.07) is 3.85. The smallest absolute Gasteiger partial charge is 0.251 e. The minimum absolute atomic E-state index is 0.0159. The van der Waals surface area contributed by atoms with Gasteiger partial charge < -0.3 is 10.4 Å². The molecule has 5 heteroatoms. The van der Waals surface area contributed by atoms with Crippen LogP contribution in [0.5, 0.6) is 0 Å². The topological polar surface area (TPSA) is 62.2 Å². The third-order valence-electron chi connectivity index (χ3n) is 3.73. The molecule has 1 fully saturated rings. The second kappa shape index (κ2) is 7.64. The molecule has 20 heavy (non-hydrogen) atoms. The van der Waals surface area contributed by atoms with Gasteiger partial charge in [0.05, 0.1) is 5.03 Å². The second-order valence-electron chi connectivity index (χ2n) is 5.19. The molecule has 0 saturated heterocycles. The van der Waals surface area contributed by atoms with Crippen molar-refractivity contribution in [3.05, 3.63) is 23.9 Å². The van der Waals surface area contributed by atoms with Crippen LogP contribution in [0.3, 0.4) is 0 Å². The molecular weight excluding hydrogens is 272 g/mol. The first-order chi connectivity index (χ1) is 9.72. The highest BCUT2D eigenvalue weighted by Crippen LogP contribution is 2.24. The van der Waals surface area contributed by atoms with Gasteiger partial charge in [0.15, 0.2) is 0 Å². The molecule has 1 aromatic rings. The summed E-state index contributed by atoms with van der Waals surface area (Å²) in [6.07, 6.45) is 5.59. The highest BCUT2D eigenvalue weighted by Gasteiger charge is 2.22. The largest absolute Gasteiger partial charge is 0.396 e. The lowest BCUT2D eigenvalue weighted by molar-refractivity contribution is 0.0913. The lowest BCUT2D eigenvalue weighted by Gasteiger charge is -2.27. The predicted molar refractivity (Wildman–Crippen MR) is 80.9 cm³/mol. The van der Waals surface area contributed by atoms with Crippen LogP contribution in [0.15, 0.2) is 23.4 Å².